The highest BCUT2D eigenvalue weighted by molar-refractivity contribution is 8.18. The molecule has 0 aromatic heterocycles. The van der Waals surface area contributed by atoms with E-state index in [0.717, 1.165) is 12.8 Å². The number of nitro groups is 1. The number of amidine groups is 1. The summed E-state index contributed by atoms with van der Waals surface area (Å²) in [5.74, 6) is -0.208. The number of hydrogen-bond donors (Lipinski definition) is 2. The third-order valence-corrected chi connectivity index (χ3v) is 5.23. The number of anilines is 1. The summed E-state index contributed by atoms with van der Waals surface area (Å²) in [6, 6.07) is 5.13. The summed E-state index contributed by atoms with van der Waals surface area (Å²) in [4.78, 5) is 28.0. The van der Waals surface area contributed by atoms with Gasteiger partial charge in [-0.15, -0.1) is 0 Å². The first-order valence-corrected chi connectivity index (χ1v) is 9.13. The van der Waals surface area contributed by atoms with E-state index in [2.05, 4.69) is 15.6 Å². The fraction of sp³-hybridized carbons (Fsp3) is 0.412. The number of benzene rings is 1. The zero-order valence-electron chi connectivity index (χ0n) is 13.9. The summed E-state index contributed by atoms with van der Waals surface area (Å²) >= 11 is 1.30. The molecule has 0 spiro atoms. The van der Waals surface area contributed by atoms with Crippen LogP contribution in [0.15, 0.2) is 28.1 Å². The van der Waals surface area contributed by atoms with Crippen molar-refractivity contribution in [2.24, 2.45) is 4.99 Å². The Bertz CT molecular complexity index is 754. The smallest absolute Gasteiger partial charge is 0.292 e. The first-order chi connectivity index (χ1) is 12.1. The topological polar surface area (TPSA) is 96.6 Å². The number of nitrogens with one attached hydrogen (secondary N) is 2. The van der Waals surface area contributed by atoms with Crippen LogP contribution in [0.25, 0.3) is 6.08 Å². The lowest BCUT2D eigenvalue weighted by molar-refractivity contribution is -0.384. The second-order valence-corrected chi connectivity index (χ2v) is 7.11. The van der Waals surface area contributed by atoms with Gasteiger partial charge in [-0.2, -0.15) is 0 Å². The minimum Gasteiger partial charge on any atom is -0.383 e. The number of carbonyl (C=O) groups excluding carboxylic acids is 1. The molecule has 1 aliphatic carbocycles. The second-order valence-electron chi connectivity index (χ2n) is 6.07. The minimum absolute atomic E-state index is 0.0173. The van der Waals surface area contributed by atoms with E-state index in [1.807, 2.05) is 0 Å². The van der Waals surface area contributed by atoms with Gasteiger partial charge in [0.05, 0.1) is 15.9 Å². The van der Waals surface area contributed by atoms with Crippen molar-refractivity contribution in [3.8, 4) is 0 Å². The van der Waals surface area contributed by atoms with Gasteiger partial charge in [0.25, 0.3) is 11.6 Å². The molecule has 8 heteroatoms. The van der Waals surface area contributed by atoms with Crippen LogP contribution in [0.1, 0.15) is 37.7 Å². The minimum atomic E-state index is -0.439. The molecule has 1 aliphatic heterocycles. The normalized spacial score (nSPS) is 21.6. The Hall–Kier alpha value is -2.35. The molecule has 1 aromatic carbocycles. The summed E-state index contributed by atoms with van der Waals surface area (Å²) < 4.78 is 0. The van der Waals surface area contributed by atoms with Gasteiger partial charge in [0.1, 0.15) is 5.69 Å². The van der Waals surface area contributed by atoms with Crippen LogP contribution >= 0.6 is 11.8 Å². The van der Waals surface area contributed by atoms with Crippen LogP contribution in [-0.2, 0) is 4.79 Å². The summed E-state index contributed by atoms with van der Waals surface area (Å²) in [6.07, 6.45) is 7.42. The Morgan fingerprint density at radius 1 is 1.36 bits per heavy atom. The zero-order valence-corrected chi connectivity index (χ0v) is 14.8. The van der Waals surface area contributed by atoms with Crippen molar-refractivity contribution in [3.05, 3.63) is 38.8 Å². The molecule has 0 bridgehead atoms. The fourth-order valence-corrected chi connectivity index (χ4v) is 3.91. The second kappa shape index (κ2) is 7.69. The fourth-order valence-electron chi connectivity index (χ4n) is 3.02. The van der Waals surface area contributed by atoms with E-state index in [9.17, 15) is 14.9 Å². The third-order valence-electron chi connectivity index (χ3n) is 4.31. The molecule has 7 nitrogen and oxygen atoms in total. The quantitative estimate of drug-likeness (QED) is 0.486. The SMILES string of the molecule is CNc1ccc(/C=C2/SC(=NC3CCCCC3)NC2=O)cc1[N+](=O)[O-]. The number of aliphatic imine (C=N–C) groups is 1. The van der Waals surface area contributed by atoms with Crippen LogP contribution in [0.4, 0.5) is 11.4 Å². The van der Waals surface area contributed by atoms with Crippen molar-refractivity contribution in [3.63, 3.8) is 0 Å². The van der Waals surface area contributed by atoms with Crippen molar-refractivity contribution in [2.45, 2.75) is 38.1 Å². The van der Waals surface area contributed by atoms with Crippen molar-refractivity contribution >= 4 is 40.3 Å². The van der Waals surface area contributed by atoms with E-state index in [1.54, 1.807) is 25.3 Å². The first-order valence-electron chi connectivity index (χ1n) is 8.31. The van der Waals surface area contributed by atoms with Crippen LogP contribution < -0.4 is 10.6 Å². The zero-order chi connectivity index (χ0) is 17.8. The van der Waals surface area contributed by atoms with E-state index >= 15 is 0 Å². The molecule has 1 saturated heterocycles. The van der Waals surface area contributed by atoms with Crippen LogP contribution in [-0.4, -0.2) is 29.1 Å². The highest BCUT2D eigenvalue weighted by atomic mass is 32.2. The molecule has 3 rings (SSSR count). The molecule has 0 radical (unpaired) electrons. The van der Waals surface area contributed by atoms with Crippen molar-refractivity contribution in [1.82, 2.24) is 5.32 Å². The molecular formula is C17H20N4O3S. The number of rotatable bonds is 4. The molecule has 0 atom stereocenters. The average molecular weight is 360 g/mol. The van der Waals surface area contributed by atoms with E-state index in [-0.39, 0.29) is 17.6 Å². The Balaban J connectivity index is 1.79. The maximum absolute atomic E-state index is 12.1. The maximum Gasteiger partial charge on any atom is 0.292 e. The number of nitro benzene ring substituents is 1. The van der Waals surface area contributed by atoms with Gasteiger partial charge in [-0.25, -0.2) is 0 Å². The average Bonchev–Trinajstić information content (AvgIpc) is 2.94. The van der Waals surface area contributed by atoms with Crippen molar-refractivity contribution < 1.29 is 9.72 Å². The molecule has 2 N–H and O–H groups in total. The van der Waals surface area contributed by atoms with Gasteiger partial charge in [0.15, 0.2) is 5.17 Å². The summed E-state index contributed by atoms with van der Waals surface area (Å²) in [7, 11) is 1.63. The summed E-state index contributed by atoms with van der Waals surface area (Å²) in [6.45, 7) is 0. The van der Waals surface area contributed by atoms with Crippen LogP contribution in [0, 0.1) is 10.1 Å². The summed E-state index contributed by atoms with van der Waals surface area (Å²) in [5.41, 5.74) is 1.04. The highest BCUT2D eigenvalue weighted by Gasteiger charge is 2.25. The number of hydrogen-bond acceptors (Lipinski definition) is 6. The Morgan fingerprint density at radius 2 is 2.12 bits per heavy atom. The van der Waals surface area contributed by atoms with Gasteiger partial charge < -0.3 is 10.6 Å². The lowest BCUT2D eigenvalue weighted by Gasteiger charge is -2.17. The molecule has 1 saturated carbocycles. The predicted molar refractivity (Wildman–Crippen MR) is 101 cm³/mol. The maximum atomic E-state index is 12.1. The molecule has 1 amide bonds. The predicted octanol–water partition coefficient (Wildman–Crippen LogP) is 3.53. The van der Waals surface area contributed by atoms with Crippen LogP contribution in [0.2, 0.25) is 0 Å². The Kier molecular flexibility index (Phi) is 5.37. The van der Waals surface area contributed by atoms with Crippen LogP contribution in [0.5, 0.6) is 0 Å². The lowest BCUT2D eigenvalue weighted by atomic mass is 9.96. The van der Waals surface area contributed by atoms with Gasteiger partial charge in [-0.3, -0.25) is 19.9 Å². The number of amides is 1. The molecule has 2 fully saturated rings. The van der Waals surface area contributed by atoms with Gasteiger partial charge in [0, 0.05) is 13.1 Å². The lowest BCUT2D eigenvalue weighted by Crippen LogP contribution is -2.22. The Labute approximate surface area is 150 Å². The van der Waals surface area contributed by atoms with Crippen LogP contribution in [0.3, 0.4) is 0 Å². The highest BCUT2D eigenvalue weighted by Crippen LogP contribution is 2.31. The largest absolute Gasteiger partial charge is 0.383 e. The van der Waals surface area contributed by atoms with Gasteiger partial charge in [0.2, 0.25) is 0 Å². The molecule has 132 valence electrons. The van der Waals surface area contributed by atoms with E-state index in [1.165, 1.54) is 37.1 Å². The number of carbonyl (C=O) groups is 1. The molecule has 1 heterocycles. The number of thioether (sulfide) groups is 1. The van der Waals surface area contributed by atoms with Gasteiger partial charge in [-0.1, -0.05) is 25.3 Å². The molecule has 0 unspecified atom stereocenters. The van der Waals surface area contributed by atoms with Gasteiger partial charge in [-0.05, 0) is 42.3 Å². The van der Waals surface area contributed by atoms with E-state index in [0.29, 0.717) is 21.3 Å². The summed E-state index contributed by atoms with van der Waals surface area (Å²) in [5, 5.41) is 17.4. The standard InChI is InChI=1S/C17H20N4O3S/c1-18-13-8-7-11(9-14(13)21(23)24)10-15-16(22)20-17(25-15)19-12-5-3-2-4-6-12/h7-10,12,18H,2-6H2,1H3,(H,19,20,22)/b15-10+. The molecular weight excluding hydrogens is 340 g/mol. The first kappa shape index (κ1) is 17.5. The Morgan fingerprint density at radius 3 is 2.80 bits per heavy atom. The van der Waals surface area contributed by atoms with E-state index < -0.39 is 4.92 Å². The monoisotopic (exact) mass is 360 g/mol. The molecule has 25 heavy (non-hydrogen) atoms. The van der Waals surface area contributed by atoms with Gasteiger partial charge >= 0.3 is 0 Å². The third kappa shape index (κ3) is 4.19. The molecule has 2 aliphatic rings. The van der Waals surface area contributed by atoms with E-state index in [4.69, 9.17) is 0 Å². The number of nitrogens with zero attached hydrogens (tertiary/aromatic N) is 2. The van der Waals surface area contributed by atoms with Crippen molar-refractivity contribution in [1.29, 1.82) is 0 Å². The molecule has 1 aromatic rings. The van der Waals surface area contributed by atoms with Crippen molar-refractivity contribution in [2.75, 3.05) is 12.4 Å².